The van der Waals surface area contributed by atoms with Gasteiger partial charge in [0.25, 0.3) is 0 Å². The van der Waals surface area contributed by atoms with Crippen molar-refractivity contribution in [2.24, 2.45) is 0 Å². The van der Waals surface area contributed by atoms with E-state index in [9.17, 15) is 14.0 Å². The standard InChI is InChI=1S/C18H18FN5O3/c19-14-3-1-2-13(16(14)12-4-7-23(11-25)8-5-12)17-15(27-18(26)21-17)10-24-9-6-20-22-24/h1-4,6,9,11,15,17H,5,7-8,10H2,(H,21,26). The van der Waals surface area contributed by atoms with Crippen molar-refractivity contribution in [3.8, 4) is 0 Å². The highest BCUT2D eigenvalue weighted by atomic mass is 19.1. The van der Waals surface area contributed by atoms with Crippen molar-refractivity contribution in [1.82, 2.24) is 25.2 Å². The van der Waals surface area contributed by atoms with Crippen molar-refractivity contribution >= 4 is 18.1 Å². The molecule has 0 aliphatic carbocycles. The van der Waals surface area contributed by atoms with Gasteiger partial charge in [-0.2, -0.15) is 0 Å². The molecule has 140 valence electrons. The molecule has 0 saturated carbocycles. The van der Waals surface area contributed by atoms with Crippen LogP contribution in [-0.2, 0) is 16.1 Å². The predicted molar refractivity (Wildman–Crippen MR) is 92.8 cm³/mol. The van der Waals surface area contributed by atoms with E-state index in [4.69, 9.17) is 4.74 Å². The van der Waals surface area contributed by atoms with Crippen LogP contribution in [0.3, 0.4) is 0 Å². The van der Waals surface area contributed by atoms with Crippen molar-refractivity contribution in [2.75, 3.05) is 13.1 Å². The topological polar surface area (TPSA) is 89.4 Å². The molecular weight excluding hydrogens is 353 g/mol. The number of nitrogens with one attached hydrogen (secondary N) is 1. The number of benzene rings is 1. The summed E-state index contributed by atoms with van der Waals surface area (Å²) in [4.78, 5) is 24.4. The van der Waals surface area contributed by atoms with Gasteiger partial charge in [0.1, 0.15) is 11.9 Å². The molecule has 0 bridgehead atoms. The lowest BCUT2D eigenvalue weighted by Gasteiger charge is -2.26. The molecular formula is C18H18FN5O3. The second-order valence-corrected chi connectivity index (χ2v) is 6.47. The molecule has 1 saturated heterocycles. The van der Waals surface area contributed by atoms with Crippen molar-refractivity contribution < 1.29 is 18.7 Å². The fourth-order valence-electron chi connectivity index (χ4n) is 3.54. The van der Waals surface area contributed by atoms with E-state index in [0.717, 1.165) is 12.0 Å². The van der Waals surface area contributed by atoms with Gasteiger partial charge in [-0.3, -0.25) is 4.79 Å². The molecule has 1 fully saturated rings. The average Bonchev–Trinajstić information content (AvgIpc) is 3.31. The van der Waals surface area contributed by atoms with Gasteiger partial charge in [0.05, 0.1) is 18.8 Å². The van der Waals surface area contributed by atoms with E-state index in [1.807, 2.05) is 6.08 Å². The smallest absolute Gasteiger partial charge is 0.408 e. The second-order valence-electron chi connectivity index (χ2n) is 6.47. The summed E-state index contributed by atoms with van der Waals surface area (Å²) in [6.07, 6.45) is 5.30. The molecule has 0 spiro atoms. The number of nitrogens with zero attached hydrogens (tertiary/aromatic N) is 4. The fraction of sp³-hybridized carbons (Fsp3) is 0.333. The molecule has 3 heterocycles. The predicted octanol–water partition coefficient (Wildman–Crippen LogP) is 1.51. The van der Waals surface area contributed by atoms with Gasteiger partial charge in [0, 0.05) is 24.8 Å². The first kappa shape index (κ1) is 17.2. The first-order valence-electron chi connectivity index (χ1n) is 8.64. The molecule has 1 aromatic carbocycles. The maximum absolute atomic E-state index is 14.8. The SMILES string of the molecule is O=CN1CC=C(c2c(F)cccc2C2NC(=O)OC2Cn2ccnn2)CC1. The molecule has 9 heteroatoms. The molecule has 2 unspecified atom stereocenters. The summed E-state index contributed by atoms with van der Waals surface area (Å²) in [5, 5.41) is 10.4. The number of ether oxygens (including phenoxy) is 1. The average molecular weight is 371 g/mol. The van der Waals surface area contributed by atoms with E-state index in [1.54, 1.807) is 34.1 Å². The third kappa shape index (κ3) is 3.40. The number of carbonyl (C=O) groups excluding carboxylic acids is 2. The number of rotatable bonds is 5. The largest absolute Gasteiger partial charge is 0.442 e. The number of amides is 2. The van der Waals surface area contributed by atoms with Crippen LogP contribution in [0, 0.1) is 5.82 Å². The van der Waals surface area contributed by atoms with Gasteiger partial charge in [-0.1, -0.05) is 23.4 Å². The molecule has 2 atom stereocenters. The zero-order valence-electron chi connectivity index (χ0n) is 14.4. The quantitative estimate of drug-likeness (QED) is 0.805. The van der Waals surface area contributed by atoms with Crippen LogP contribution >= 0.6 is 0 Å². The van der Waals surface area contributed by atoms with E-state index < -0.39 is 18.2 Å². The van der Waals surface area contributed by atoms with Crippen LogP contribution < -0.4 is 5.32 Å². The van der Waals surface area contributed by atoms with Gasteiger partial charge in [-0.05, 0) is 23.6 Å². The Morgan fingerprint density at radius 2 is 2.30 bits per heavy atom. The highest BCUT2D eigenvalue weighted by molar-refractivity contribution is 5.75. The van der Waals surface area contributed by atoms with Gasteiger partial charge in [0.2, 0.25) is 6.41 Å². The van der Waals surface area contributed by atoms with E-state index in [0.29, 0.717) is 37.2 Å². The zero-order valence-corrected chi connectivity index (χ0v) is 14.4. The first-order chi connectivity index (χ1) is 13.2. The van der Waals surface area contributed by atoms with E-state index >= 15 is 0 Å². The van der Waals surface area contributed by atoms with E-state index in [2.05, 4.69) is 15.6 Å². The van der Waals surface area contributed by atoms with Gasteiger partial charge in [-0.15, -0.1) is 5.10 Å². The van der Waals surface area contributed by atoms with Crippen molar-refractivity contribution in [3.05, 3.63) is 53.6 Å². The third-order valence-corrected chi connectivity index (χ3v) is 4.83. The van der Waals surface area contributed by atoms with Crippen LogP contribution in [0.2, 0.25) is 0 Å². The van der Waals surface area contributed by atoms with Crippen LogP contribution in [0.5, 0.6) is 0 Å². The Morgan fingerprint density at radius 1 is 1.41 bits per heavy atom. The van der Waals surface area contributed by atoms with Crippen molar-refractivity contribution in [3.63, 3.8) is 0 Å². The summed E-state index contributed by atoms with van der Waals surface area (Å²) in [6.45, 7) is 1.26. The number of aromatic nitrogens is 3. The molecule has 2 aliphatic heterocycles. The maximum Gasteiger partial charge on any atom is 0.408 e. The summed E-state index contributed by atoms with van der Waals surface area (Å²) in [5.41, 5.74) is 1.93. The Kier molecular flexibility index (Phi) is 4.57. The minimum atomic E-state index is -0.551. The third-order valence-electron chi connectivity index (χ3n) is 4.83. The van der Waals surface area contributed by atoms with Crippen LogP contribution in [0.4, 0.5) is 9.18 Å². The molecule has 4 rings (SSSR count). The molecule has 2 amide bonds. The summed E-state index contributed by atoms with van der Waals surface area (Å²) in [5.74, 6) is -0.362. The van der Waals surface area contributed by atoms with Crippen LogP contribution in [0.1, 0.15) is 23.6 Å². The Labute approximate surface area is 154 Å². The van der Waals surface area contributed by atoms with E-state index in [-0.39, 0.29) is 5.82 Å². The molecule has 2 aliphatic rings. The van der Waals surface area contributed by atoms with E-state index in [1.165, 1.54) is 6.07 Å². The minimum absolute atomic E-state index is 0.303. The van der Waals surface area contributed by atoms with Crippen LogP contribution in [0.25, 0.3) is 5.57 Å². The summed E-state index contributed by atoms with van der Waals surface area (Å²) >= 11 is 0. The maximum atomic E-state index is 14.8. The second kappa shape index (κ2) is 7.18. The summed E-state index contributed by atoms with van der Waals surface area (Å²) in [7, 11) is 0. The van der Waals surface area contributed by atoms with Gasteiger partial charge in [0.15, 0.2) is 0 Å². The Hall–Kier alpha value is -3.23. The fourth-order valence-corrected chi connectivity index (χ4v) is 3.54. The number of hydrogen-bond acceptors (Lipinski definition) is 5. The molecule has 0 radical (unpaired) electrons. The van der Waals surface area contributed by atoms with Gasteiger partial charge in [-0.25, -0.2) is 13.9 Å². The van der Waals surface area contributed by atoms with Gasteiger partial charge < -0.3 is 15.0 Å². The first-order valence-corrected chi connectivity index (χ1v) is 8.64. The number of cyclic esters (lactones) is 1. The van der Waals surface area contributed by atoms with Gasteiger partial charge >= 0.3 is 6.09 Å². The number of hydrogen-bond donors (Lipinski definition) is 1. The lowest BCUT2D eigenvalue weighted by Crippen LogP contribution is -2.29. The zero-order chi connectivity index (χ0) is 18.8. The van der Waals surface area contributed by atoms with Crippen molar-refractivity contribution in [2.45, 2.75) is 25.1 Å². The summed E-state index contributed by atoms with van der Waals surface area (Å²) in [6, 6.07) is 4.29. The molecule has 8 nitrogen and oxygen atoms in total. The van der Waals surface area contributed by atoms with Crippen LogP contribution in [-0.4, -0.2) is 51.6 Å². The molecule has 2 aromatic rings. The molecule has 1 N–H and O–H groups in total. The Bertz CT molecular complexity index is 883. The highest BCUT2D eigenvalue weighted by Gasteiger charge is 2.38. The molecule has 1 aromatic heterocycles. The Balaban J connectivity index is 1.68. The van der Waals surface area contributed by atoms with Crippen molar-refractivity contribution in [1.29, 1.82) is 0 Å². The minimum Gasteiger partial charge on any atom is -0.442 e. The lowest BCUT2D eigenvalue weighted by atomic mass is 9.89. The normalized spacial score (nSPS) is 22.2. The summed E-state index contributed by atoms with van der Waals surface area (Å²) < 4.78 is 21.7. The number of halogens is 1. The number of alkyl carbamates (subject to hydrolysis) is 1. The molecule has 27 heavy (non-hydrogen) atoms. The monoisotopic (exact) mass is 371 g/mol. The lowest BCUT2D eigenvalue weighted by molar-refractivity contribution is -0.117. The van der Waals surface area contributed by atoms with Crippen LogP contribution in [0.15, 0.2) is 36.7 Å². The number of carbonyl (C=O) groups is 2. The Morgan fingerprint density at radius 3 is 3.00 bits per heavy atom. The highest BCUT2D eigenvalue weighted by Crippen LogP contribution is 2.35.